The van der Waals surface area contributed by atoms with Gasteiger partial charge in [0.2, 0.25) is 0 Å². The molecule has 0 radical (unpaired) electrons. The second-order valence-corrected chi connectivity index (χ2v) is 6.04. The van der Waals surface area contributed by atoms with Gasteiger partial charge in [0, 0.05) is 16.9 Å². The van der Waals surface area contributed by atoms with E-state index in [1.165, 1.54) is 6.07 Å². The number of carbonyl (C=O) groups is 1. The van der Waals surface area contributed by atoms with Crippen LogP contribution in [-0.2, 0) is 0 Å². The second-order valence-electron chi connectivity index (χ2n) is 4.84. The topological polar surface area (TPSA) is 42.0 Å². The van der Waals surface area contributed by atoms with Crippen LogP contribution < -0.4 is 5.32 Å². The number of halogens is 3. The number of aromatic nitrogens is 1. The fraction of sp³-hybridized carbons (Fsp3) is 0.200. The van der Waals surface area contributed by atoms with Gasteiger partial charge in [-0.05, 0) is 36.2 Å². The number of hydrogen-bond donors (Lipinski definition) is 1. The number of anilines is 1. The van der Waals surface area contributed by atoms with Crippen molar-refractivity contribution < 1.29 is 4.79 Å². The van der Waals surface area contributed by atoms with Crippen molar-refractivity contribution in [2.45, 2.75) is 19.8 Å². The molecule has 6 heteroatoms. The van der Waals surface area contributed by atoms with Crippen LogP contribution in [0.25, 0.3) is 0 Å². The maximum absolute atomic E-state index is 12.3. The van der Waals surface area contributed by atoms with Crippen molar-refractivity contribution in [1.82, 2.24) is 4.98 Å². The average Bonchev–Trinajstić information content (AvgIpc) is 2.42. The van der Waals surface area contributed by atoms with Crippen LogP contribution in [0.1, 0.15) is 35.8 Å². The Balaban J connectivity index is 2.25. The van der Waals surface area contributed by atoms with Gasteiger partial charge in [-0.15, -0.1) is 0 Å². The van der Waals surface area contributed by atoms with Gasteiger partial charge < -0.3 is 5.32 Å². The molecule has 1 aromatic heterocycles. The summed E-state index contributed by atoms with van der Waals surface area (Å²) in [7, 11) is 0. The molecule has 2 aromatic rings. The van der Waals surface area contributed by atoms with Crippen LogP contribution in [0.4, 0.5) is 5.69 Å². The highest BCUT2D eigenvalue weighted by Gasteiger charge is 2.12. The van der Waals surface area contributed by atoms with Gasteiger partial charge >= 0.3 is 0 Å². The van der Waals surface area contributed by atoms with E-state index in [2.05, 4.69) is 10.3 Å². The summed E-state index contributed by atoms with van der Waals surface area (Å²) in [6.45, 7) is 3.97. The van der Waals surface area contributed by atoms with E-state index in [-0.39, 0.29) is 11.8 Å². The quantitative estimate of drug-likeness (QED) is 0.756. The minimum atomic E-state index is -0.278. The predicted octanol–water partition coefficient (Wildman–Crippen LogP) is 5.42. The van der Waals surface area contributed by atoms with Gasteiger partial charge in [-0.1, -0.05) is 48.7 Å². The molecular formula is C15H13Cl3N2O. The van der Waals surface area contributed by atoms with Crippen molar-refractivity contribution in [3.8, 4) is 0 Å². The van der Waals surface area contributed by atoms with E-state index >= 15 is 0 Å². The fourth-order valence-corrected chi connectivity index (χ4v) is 2.23. The molecule has 0 bridgehead atoms. The van der Waals surface area contributed by atoms with Crippen molar-refractivity contribution in [3.05, 3.63) is 56.8 Å². The largest absolute Gasteiger partial charge is 0.322 e. The van der Waals surface area contributed by atoms with Crippen molar-refractivity contribution in [3.63, 3.8) is 0 Å². The lowest BCUT2D eigenvalue weighted by atomic mass is 10.1. The summed E-state index contributed by atoms with van der Waals surface area (Å²) in [4.78, 5) is 16.5. The summed E-state index contributed by atoms with van der Waals surface area (Å²) in [5.74, 6) is -0.0974. The standard InChI is InChI=1S/C15H13Cl3N2O/c1-8(2)13-5-9(6-14(18)20-13)15(21)19-10-3-4-11(16)12(17)7-10/h3-8H,1-2H3,(H,19,21). The second kappa shape index (κ2) is 6.65. The number of rotatable bonds is 3. The molecule has 0 saturated carbocycles. The zero-order valence-electron chi connectivity index (χ0n) is 11.5. The smallest absolute Gasteiger partial charge is 0.255 e. The highest BCUT2D eigenvalue weighted by molar-refractivity contribution is 6.42. The van der Waals surface area contributed by atoms with Crippen molar-refractivity contribution in [2.75, 3.05) is 5.32 Å². The number of nitrogens with zero attached hydrogens (tertiary/aromatic N) is 1. The van der Waals surface area contributed by atoms with E-state index in [1.807, 2.05) is 13.8 Å². The van der Waals surface area contributed by atoms with Crippen LogP contribution in [0.3, 0.4) is 0 Å². The van der Waals surface area contributed by atoms with Gasteiger partial charge in [0.15, 0.2) is 0 Å². The van der Waals surface area contributed by atoms with Crippen molar-refractivity contribution in [1.29, 1.82) is 0 Å². The SMILES string of the molecule is CC(C)c1cc(C(=O)Nc2ccc(Cl)c(Cl)c2)cc(Cl)n1. The predicted molar refractivity (Wildman–Crippen MR) is 87.8 cm³/mol. The molecule has 0 atom stereocenters. The third kappa shape index (κ3) is 4.10. The Morgan fingerprint density at radius 3 is 2.43 bits per heavy atom. The van der Waals surface area contributed by atoms with E-state index < -0.39 is 0 Å². The molecule has 2 rings (SSSR count). The third-order valence-corrected chi connectivity index (χ3v) is 3.78. The van der Waals surface area contributed by atoms with Gasteiger partial charge in [0.25, 0.3) is 5.91 Å². The van der Waals surface area contributed by atoms with Gasteiger partial charge in [-0.25, -0.2) is 4.98 Å². The lowest BCUT2D eigenvalue weighted by Gasteiger charge is -2.10. The monoisotopic (exact) mass is 342 g/mol. The van der Waals surface area contributed by atoms with E-state index in [9.17, 15) is 4.79 Å². The summed E-state index contributed by atoms with van der Waals surface area (Å²) >= 11 is 17.7. The Labute approximate surface area is 138 Å². The van der Waals surface area contributed by atoms with Gasteiger partial charge in [-0.3, -0.25) is 4.79 Å². The molecule has 0 aliphatic rings. The summed E-state index contributed by atoms with van der Waals surface area (Å²) in [5.41, 5.74) is 1.78. The minimum absolute atomic E-state index is 0.181. The van der Waals surface area contributed by atoms with Crippen LogP contribution in [0, 0.1) is 0 Å². The fourth-order valence-electron chi connectivity index (χ4n) is 1.72. The Morgan fingerprint density at radius 1 is 1.10 bits per heavy atom. The van der Waals surface area contributed by atoms with Gasteiger partial charge in [0.05, 0.1) is 10.0 Å². The molecular weight excluding hydrogens is 331 g/mol. The molecule has 0 aliphatic carbocycles. The Kier molecular flexibility index (Phi) is 5.09. The summed E-state index contributed by atoms with van der Waals surface area (Å²) in [6.07, 6.45) is 0. The van der Waals surface area contributed by atoms with Crippen LogP contribution in [0.5, 0.6) is 0 Å². The lowest BCUT2D eigenvalue weighted by molar-refractivity contribution is 0.102. The summed E-state index contributed by atoms with van der Waals surface area (Å²) < 4.78 is 0. The highest BCUT2D eigenvalue weighted by atomic mass is 35.5. The van der Waals surface area contributed by atoms with Crippen LogP contribution in [-0.4, -0.2) is 10.9 Å². The molecule has 1 amide bonds. The van der Waals surface area contributed by atoms with Gasteiger partial charge in [0.1, 0.15) is 5.15 Å². The molecule has 0 aliphatic heterocycles. The molecule has 1 N–H and O–H groups in total. The molecule has 21 heavy (non-hydrogen) atoms. The zero-order chi connectivity index (χ0) is 15.6. The van der Waals surface area contributed by atoms with Crippen molar-refractivity contribution in [2.24, 2.45) is 0 Å². The van der Waals surface area contributed by atoms with Crippen LogP contribution in [0.2, 0.25) is 15.2 Å². The minimum Gasteiger partial charge on any atom is -0.322 e. The van der Waals surface area contributed by atoms with Gasteiger partial charge in [-0.2, -0.15) is 0 Å². The first-order valence-electron chi connectivity index (χ1n) is 6.30. The summed E-state index contributed by atoms with van der Waals surface area (Å²) in [5, 5.41) is 3.86. The molecule has 1 aromatic carbocycles. The molecule has 0 unspecified atom stereocenters. The van der Waals surface area contributed by atoms with E-state index in [1.54, 1.807) is 24.3 Å². The highest BCUT2D eigenvalue weighted by Crippen LogP contribution is 2.25. The Bertz CT molecular complexity index is 687. The number of amides is 1. The maximum Gasteiger partial charge on any atom is 0.255 e. The molecule has 0 saturated heterocycles. The van der Waals surface area contributed by atoms with E-state index in [4.69, 9.17) is 34.8 Å². The molecule has 0 fully saturated rings. The number of hydrogen-bond acceptors (Lipinski definition) is 2. The Morgan fingerprint density at radius 2 is 1.81 bits per heavy atom. The number of nitrogens with one attached hydrogen (secondary N) is 1. The maximum atomic E-state index is 12.3. The lowest BCUT2D eigenvalue weighted by Crippen LogP contribution is -2.13. The van der Waals surface area contributed by atoms with Crippen LogP contribution >= 0.6 is 34.8 Å². The van der Waals surface area contributed by atoms with E-state index in [0.29, 0.717) is 26.4 Å². The molecule has 110 valence electrons. The van der Waals surface area contributed by atoms with E-state index in [0.717, 1.165) is 5.69 Å². The Hall–Kier alpha value is -1.29. The molecule has 1 heterocycles. The van der Waals surface area contributed by atoms with Crippen LogP contribution in [0.15, 0.2) is 30.3 Å². The molecule has 3 nitrogen and oxygen atoms in total. The number of pyridine rings is 1. The van der Waals surface area contributed by atoms with Crippen molar-refractivity contribution >= 4 is 46.4 Å². The number of carbonyl (C=O) groups excluding carboxylic acids is 1. The average molecular weight is 344 g/mol. The molecule has 0 spiro atoms. The zero-order valence-corrected chi connectivity index (χ0v) is 13.7. The third-order valence-electron chi connectivity index (χ3n) is 2.85. The number of benzene rings is 1. The first kappa shape index (κ1) is 16.1. The normalized spacial score (nSPS) is 10.8. The summed E-state index contributed by atoms with van der Waals surface area (Å²) in [6, 6.07) is 8.15. The first-order chi connectivity index (χ1) is 9.86. The first-order valence-corrected chi connectivity index (χ1v) is 7.44.